The van der Waals surface area contributed by atoms with Gasteiger partial charge in [0.15, 0.2) is 5.11 Å². The van der Waals surface area contributed by atoms with Crippen molar-refractivity contribution >= 4 is 44.6 Å². The van der Waals surface area contributed by atoms with Crippen molar-refractivity contribution in [2.24, 2.45) is 0 Å². The molecule has 0 amide bonds. The van der Waals surface area contributed by atoms with Gasteiger partial charge in [-0.2, -0.15) is 0 Å². The monoisotopic (exact) mass is 292 g/mol. The predicted molar refractivity (Wildman–Crippen MR) is 69.7 cm³/mol. The van der Waals surface area contributed by atoms with Crippen LogP contribution in [0.15, 0.2) is 15.9 Å². The fraction of sp³-hybridized carbons (Fsp3) is 0.444. The molecule has 2 nitrogen and oxygen atoms in total. The number of hydrogen-bond acceptors (Lipinski definition) is 2. The molecule has 1 heterocycles. The van der Waals surface area contributed by atoms with Gasteiger partial charge in [0, 0.05) is 15.4 Å². The van der Waals surface area contributed by atoms with Gasteiger partial charge in [0.1, 0.15) is 0 Å². The van der Waals surface area contributed by atoms with Crippen molar-refractivity contribution in [1.29, 1.82) is 0 Å². The third kappa shape index (κ3) is 3.94. The average molecular weight is 293 g/mol. The fourth-order valence-corrected chi connectivity index (χ4v) is 2.67. The quantitative estimate of drug-likeness (QED) is 0.838. The van der Waals surface area contributed by atoms with E-state index in [0.717, 1.165) is 11.0 Å². The van der Waals surface area contributed by atoms with Gasteiger partial charge in [0.25, 0.3) is 0 Å². The highest BCUT2D eigenvalue weighted by Gasteiger charge is 2.02. The Kier molecular flexibility index (Phi) is 4.84. The highest BCUT2D eigenvalue weighted by Crippen LogP contribution is 2.21. The Morgan fingerprint density at radius 3 is 2.86 bits per heavy atom. The molecule has 1 rings (SSSR count). The second-order valence-electron chi connectivity index (χ2n) is 3.17. The van der Waals surface area contributed by atoms with E-state index in [0.29, 0.717) is 11.2 Å². The van der Waals surface area contributed by atoms with Gasteiger partial charge in [-0.05, 0) is 53.4 Å². The van der Waals surface area contributed by atoms with Crippen LogP contribution >= 0.6 is 39.5 Å². The zero-order valence-electron chi connectivity index (χ0n) is 8.13. The van der Waals surface area contributed by atoms with Gasteiger partial charge in [0.2, 0.25) is 0 Å². The Morgan fingerprint density at radius 1 is 1.64 bits per heavy atom. The molecule has 0 unspecified atom stereocenters. The topological polar surface area (TPSA) is 24.1 Å². The molecule has 1 aromatic rings. The molecule has 78 valence electrons. The van der Waals surface area contributed by atoms with Crippen LogP contribution in [0.25, 0.3) is 0 Å². The molecule has 0 radical (unpaired) electrons. The standard InChI is InChI=1S/C9H13BrN2S2/c1-6(2)12-9(13)11-5-8-7(10)3-4-14-8/h3-4,6H,5H2,1-2H3,(H2,11,12,13). The van der Waals surface area contributed by atoms with Gasteiger partial charge < -0.3 is 10.6 Å². The Bertz CT molecular complexity index is 310. The summed E-state index contributed by atoms with van der Waals surface area (Å²) in [4.78, 5) is 1.26. The first-order valence-electron chi connectivity index (χ1n) is 4.36. The maximum absolute atomic E-state index is 5.11. The van der Waals surface area contributed by atoms with Gasteiger partial charge in [-0.3, -0.25) is 0 Å². The van der Waals surface area contributed by atoms with E-state index in [1.807, 2.05) is 6.07 Å². The molecule has 0 atom stereocenters. The molecular weight excluding hydrogens is 280 g/mol. The van der Waals surface area contributed by atoms with E-state index < -0.39 is 0 Å². The lowest BCUT2D eigenvalue weighted by molar-refractivity contribution is 0.713. The maximum atomic E-state index is 5.11. The second kappa shape index (κ2) is 5.68. The van der Waals surface area contributed by atoms with E-state index in [1.54, 1.807) is 11.3 Å². The number of hydrogen-bond donors (Lipinski definition) is 2. The Labute approximate surface area is 102 Å². The third-order valence-electron chi connectivity index (χ3n) is 1.52. The molecule has 1 aromatic heterocycles. The minimum absolute atomic E-state index is 0.377. The first-order chi connectivity index (χ1) is 6.59. The molecule has 0 aliphatic rings. The normalized spacial score (nSPS) is 10.3. The summed E-state index contributed by atoms with van der Waals surface area (Å²) in [5, 5.41) is 9.06. The second-order valence-corrected chi connectivity index (χ2v) is 5.44. The van der Waals surface area contributed by atoms with Crippen molar-refractivity contribution in [1.82, 2.24) is 10.6 Å². The van der Waals surface area contributed by atoms with Crippen LogP contribution in [-0.2, 0) is 6.54 Å². The van der Waals surface area contributed by atoms with Gasteiger partial charge in [-0.15, -0.1) is 11.3 Å². The lowest BCUT2D eigenvalue weighted by atomic mass is 10.4. The first-order valence-corrected chi connectivity index (χ1v) is 6.44. The largest absolute Gasteiger partial charge is 0.361 e. The number of rotatable bonds is 3. The van der Waals surface area contributed by atoms with Gasteiger partial charge >= 0.3 is 0 Å². The molecule has 0 spiro atoms. The van der Waals surface area contributed by atoms with Crippen LogP contribution in [-0.4, -0.2) is 11.2 Å². The lowest BCUT2D eigenvalue weighted by Crippen LogP contribution is -2.38. The van der Waals surface area contributed by atoms with Crippen molar-refractivity contribution in [3.05, 3.63) is 20.8 Å². The first kappa shape index (κ1) is 11.9. The molecule has 14 heavy (non-hydrogen) atoms. The van der Waals surface area contributed by atoms with E-state index in [2.05, 4.69) is 45.8 Å². The minimum Gasteiger partial charge on any atom is -0.361 e. The van der Waals surface area contributed by atoms with Crippen LogP contribution in [0.2, 0.25) is 0 Å². The van der Waals surface area contributed by atoms with Crippen LogP contribution in [0.3, 0.4) is 0 Å². The summed E-state index contributed by atoms with van der Waals surface area (Å²) in [5.74, 6) is 0. The molecule has 0 aliphatic heterocycles. The highest BCUT2D eigenvalue weighted by atomic mass is 79.9. The Morgan fingerprint density at radius 2 is 2.36 bits per heavy atom. The number of thiophene rings is 1. The summed E-state index contributed by atoms with van der Waals surface area (Å²) in [7, 11) is 0. The van der Waals surface area contributed by atoms with Crippen molar-refractivity contribution < 1.29 is 0 Å². The lowest BCUT2D eigenvalue weighted by Gasteiger charge is -2.12. The van der Waals surface area contributed by atoms with Crippen molar-refractivity contribution in [3.63, 3.8) is 0 Å². The van der Waals surface area contributed by atoms with E-state index in [9.17, 15) is 0 Å². The zero-order chi connectivity index (χ0) is 10.6. The van der Waals surface area contributed by atoms with Gasteiger partial charge in [-0.25, -0.2) is 0 Å². The summed E-state index contributed by atoms with van der Waals surface area (Å²) >= 11 is 10.3. The van der Waals surface area contributed by atoms with Crippen LogP contribution in [0, 0.1) is 0 Å². The van der Waals surface area contributed by atoms with Crippen molar-refractivity contribution in [3.8, 4) is 0 Å². The average Bonchev–Trinajstić information content (AvgIpc) is 2.46. The fourth-order valence-electron chi connectivity index (χ4n) is 0.925. The molecule has 0 saturated carbocycles. The van der Waals surface area contributed by atoms with Crippen LogP contribution < -0.4 is 10.6 Å². The van der Waals surface area contributed by atoms with Crippen LogP contribution in [0.5, 0.6) is 0 Å². The molecule has 0 bridgehead atoms. The summed E-state index contributed by atoms with van der Waals surface area (Å²) in [5.41, 5.74) is 0. The summed E-state index contributed by atoms with van der Waals surface area (Å²) in [6.45, 7) is 4.90. The van der Waals surface area contributed by atoms with Crippen LogP contribution in [0.1, 0.15) is 18.7 Å². The zero-order valence-corrected chi connectivity index (χ0v) is 11.4. The van der Waals surface area contributed by atoms with Crippen molar-refractivity contribution in [2.45, 2.75) is 26.4 Å². The Hall–Kier alpha value is -0.130. The summed E-state index contributed by atoms with van der Waals surface area (Å²) in [6.07, 6.45) is 0. The molecule has 0 aliphatic carbocycles. The molecule has 5 heteroatoms. The number of thiocarbonyl (C=S) groups is 1. The highest BCUT2D eigenvalue weighted by molar-refractivity contribution is 9.10. The van der Waals surface area contributed by atoms with E-state index in [-0.39, 0.29) is 0 Å². The van der Waals surface area contributed by atoms with Crippen molar-refractivity contribution in [2.75, 3.05) is 0 Å². The smallest absolute Gasteiger partial charge is 0.166 e. The summed E-state index contributed by atoms with van der Waals surface area (Å²) in [6, 6.07) is 2.42. The summed E-state index contributed by atoms with van der Waals surface area (Å²) < 4.78 is 1.14. The maximum Gasteiger partial charge on any atom is 0.166 e. The molecule has 0 aromatic carbocycles. The van der Waals surface area contributed by atoms with E-state index in [4.69, 9.17) is 12.2 Å². The predicted octanol–water partition coefficient (Wildman–Crippen LogP) is 2.88. The SMILES string of the molecule is CC(C)NC(=S)NCc1sccc1Br. The third-order valence-corrected chi connectivity index (χ3v) is 3.71. The van der Waals surface area contributed by atoms with Gasteiger partial charge in [-0.1, -0.05) is 0 Å². The minimum atomic E-state index is 0.377. The molecule has 0 fully saturated rings. The molecule has 0 saturated heterocycles. The van der Waals surface area contributed by atoms with E-state index in [1.165, 1.54) is 4.88 Å². The van der Waals surface area contributed by atoms with E-state index >= 15 is 0 Å². The van der Waals surface area contributed by atoms with Gasteiger partial charge in [0.05, 0.1) is 6.54 Å². The molecule has 2 N–H and O–H groups in total. The number of halogens is 1. The Balaban J connectivity index is 2.34. The van der Waals surface area contributed by atoms with Crippen LogP contribution in [0.4, 0.5) is 0 Å². The molecular formula is C9H13BrN2S2. The number of nitrogens with one attached hydrogen (secondary N) is 2.